The van der Waals surface area contributed by atoms with Crippen molar-refractivity contribution in [1.29, 1.82) is 0 Å². The van der Waals surface area contributed by atoms with E-state index in [0.29, 0.717) is 24.9 Å². The number of nitrogens with one attached hydrogen (secondary N) is 2. The molecule has 6 nitrogen and oxygen atoms in total. The molecule has 3 rings (SSSR count). The third-order valence-corrected chi connectivity index (χ3v) is 4.16. The Kier molecular flexibility index (Phi) is 8.02. The molecule has 2 aromatic carbocycles. The highest BCUT2D eigenvalue weighted by atomic mass is 127. The maximum atomic E-state index is 5.95. The lowest BCUT2D eigenvalue weighted by Gasteiger charge is -2.16. The first-order chi connectivity index (χ1) is 12.7. The Morgan fingerprint density at radius 1 is 1.22 bits per heavy atom. The smallest absolute Gasteiger partial charge is 0.195 e. The van der Waals surface area contributed by atoms with Crippen molar-refractivity contribution in [2.75, 3.05) is 32.6 Å². The van der Waals surface area contributed by atoms with Crippen LogP contribution in [-0.4, -0.2) is 39.4 Å². The summed E-state index contributed by atoms with van der Waals surface area (Å²) in [5, 5.41) is 6.58. The van der Waals surface area contributed by atoms with E-state index in [1.165, 1.54) is 5.56 Å². The number of hydrogen-bond acceptors (Lipinski definition) is 4. The van der Waals surface area contributed by atoms with E-state index in [1.54, 1.807) is 14.2 Å². The van der Waals surface area contributed by atoms with Gasteiger partial charge in [-0.05, 0) is 30.7 Å². The van der Waals surface area contributed by atoms with Crippen molar-refractivity contribution in [3.8, 4) is 17.2 Å². The van der Waals surface area contributed by atoms with Crippen LogP contribution in [0.4, 0.5) is 5.69 Å². The van der Waals surface area contributed by atoms with Gasteiger partial charge in [-0.1, -0.05) is 18.2 Å². The van der Waals surface area contributed by atoms with Gasteiger partial charge in [0.25, 0.3) is 0 Å². The molecule has 0 amide bonds. The normalized spacial score (nSPS) is 15.2. The van der Waals surface area contributed by atoms with Gasteiger partial charge in [0.1, 0.15) is 11.9 Å². The molecule has 0 fully saturated rings. The predicted octanol–water partition coefficient (Wildman–Crippen LogP) is 3.70. The van der Waals surface area contributed by atoms with Gasteiger partial charge in [-0.3, -0.25) is 4.99 Å². The largest absolute Gasteiger partial charge is 0.493 e. The van der Waals surface area contributed by atoms with Gasteiger partial charge in [0.05, 0.1) is 20.3 Å². The Morgan fingerprint density at radius 3 is 2.74 bits per heavy atom. The molecular formula is C20H26IN3O3. The molecule has 0 aliphatic carbocycles. The summed E-state index contributed by atoms with van der Waals surface area (Å²) in [6.45, 7) is 3.21. The number of nitrogens with zero attached hydrogens (tertiary/aromatic N) is 1. The van der Waals surface area contributed by atoms with E-state index in [1.807, 2.05) is 43.3 Å². The minimum Gasteiger partial charge on any atom is -0.493 e. The van der Waals surface area contributed by atoms with Crippen LogP contribution >= 0.6 is 24.0 Å². The number of methoxy groups -OCH3 is 1. The molecule has 1 aliphatic rings. The SMILES string of the molecule is CCOc1ccc(NC(=NC)NCC2Cc3ccccc3O2)cc1OC.I. The maximum Gasteiger partial charge on any atom is 0.195 e. The number of fused-ring (bicyclic) bond motifs is 1. The quantitative estimate of drug-likeness (QED) is 0.373. The molecule has 0 saturated heterocycles. The molecule has 0 saturated carbocycles. The lowest BCUT2D eigenvalue weighted by molar-refractivity contribution is 0.235. The molecule has 1 heterocycles. The zero-order valence-corrected chi connectivity index (χ0v) is 18.2. The zero-order chi connectivity index (χ0) is 18.4. The van der Waals surface area contributed by atoms with E-state index >= 15 is 0 Å². The Morgan fingerprint density at radius 2 is 2.04 bits per heavy atom. The van der Waals surface area contributed by atoms with Crippen LogP contribution in [0.2, 0.25) is 0 Å². The summed E-state index contributed by atoms with van der Waals surface area (Å²) in [7, 11) is 3.37. The molecule has 1 atom stereocenters. The molecule has 0 spiro atoms. The van der Waals surface area contributed by atoms with E-state index in [4.69, 9.17) is 14.2 Å². The van der Waals surface area contributed by atoms with E-state index in [9.17, 15) is 0 Å². The second kappa shape index (κ2) is 10.2. The Labute approximate surface area is 177 Å². The van der Waals surface area contributed by atoms with Gasteiger partial charge in [-0.15, -0.1) is 24.0 Å². The van der Waals surface area contributed by atoms with Crippen LogP contribution in [0.15, 0.2) is 47.5 Å². The van der Waals surface area contributed by atoms with Crippen LogP contribution in [-0.2, 0) is 6.42 Å². The number of guanidine groups is 1. The van der Waals surface area contributed by atoms with Gasteiger partial charge in [0.2, 0.25) is 0 Å². The van der Waals surface area contributed by atoms with E-state index in [-0.39, 0.29) is 30.1 Å². The topological polar surface area (TPSA) is 64.1 Å². The average molecular weight is 483 g/mol. The van der Waals surface area contributed by atoms with Crippen molar-refractivity contribution in [3.63, 3.8) is 0 Å². The summed E-state index contributed by atoms with van der Waals surface area (Å²) >= 11 is 0. The number of aliphatic imine (C=N–C) groups is 1. The van der Waals surface area contributed by atoms with Crippen molar-refractivity contribution in [3.05, 3.63) is 48.0 Å². The molecule has 146 valence electrons. The average Bonchev–Trinajstić information content (AvgIpc) is 3.09. The second-order valence-corrected chi connectivity index (χ2v) is 5.93. The minimum atomic E-state index is 0. The number of halogens is 1. The molecule has 2 aromatic rings. The standard InChI is InChI=1S/C20H25N3O3.HI/c1-4-25-18-10-9-15(12-19(18)24-3)23-20(21-2)22-13-16-11-14-7-5-6-8-17(14)26-16;/h5-10,12,16H,4,11,13H2,1-3H3,(H2,21,22,23);1H. The van der Waals surface area contributed by atoms with Crippen molar-refractivity contribution >= 4 is 35.6 Å². The lowest BCUT2D eigenvalue weighted by atomic mass is 10.1. The molecule has 0 bridgehead atoms. The minimum absolute atomic E-state index is 0. The van der Waals surface area contributed by atoms with Gasteiger partial charge in [0.15, 0.2) is 17.5 Å². The summed E-state index contributed by atoms with van der Waals surface area (Å²) in [5.74, 6) is 3.05. The molecule has 27 heavy (non-hydrogen) atoms. The van der Waals surface area contributed by atoms with Crippen molar-refractivity contribution in [2.45, 2.75) is 19.4 Å². The molecule has 7 heteroatoms. The molecule has 1 aliphatic heterocycles. The summed E-state index contributed by atoms with van der Waals surface area (Å²) < 4.78 is 16.9. The van der Waals surface area contributed by atoms with Gasteiger partial charge in [-0.2, -0.15) is 0 Å². The highest BCUT2D eigenvalue weighted by molar-refractivity contribution is 14.0. The molecule has 0 radical (unpaired) electrons. The fourth-order valence-corrected chi connectivity index (χ4v) is 2.91. The van der Waals surface area contributed by atoms with E-state index < -0.39 is 0 Å². The van der Waals surface area contributed by atoms with Crippen molar-refractivity contribution < 1.29 is 14.2 Å². The van der Waals surface area contributed by atoms with Crippen LogP contribution in [0, 0.1) is 0 Å². The highest BCUT2D eigenvalue weighted by Crippen LogP contribution is 2.30. The first-order valence-electron chi connectivity index (χ1n) is 8.76. The van der Waals surface area contributed by atoms with Crippen molar-refractivity contribution in [2.24, 2.45) is 4.99 Å². The Hall–Kier alpha value is -2.16. The van der Waals surface area contributed by atoms with Gasteiger partial charge >= 0.3 is 0 Å². The molecule has 1 unspecified atom stereocenters. The summed E-state index contributed by atoms with van der Waals surface area (Å²) in [6, 6.07) is 13.9. The van der Waals surface area contributed by atoms with Crippen LogP contribution in [0.3, 0.4) is 0 Å². The van der Waals surface area contributed by atoms with Crippen LogP contribution in [0.1, 0.15) is 12.5 Å². The first-order valence-corrected chi connectivity index (χ1v) is 8.76. The second-order valence-electron chi connectivity index (χ2n) is 5.93. The number of rotatable bonds is 6. The molecular weight excluding hydrogens is 457 g/mol. The zero-order valence-electron chi connectivity index (χ0n) is 15.8. The monoisotopic (exact) mass is 483 g/mol. The number of anilines is 1. The van der Waals surface area contributed by atoms with Crippen LogP contribution < -0.4 is 24.8 Å². The fourth-order valence-electron chi connectivity index (χ4n) is 2.91. The lowest BCUT2D eigenvalue weighted by Crippen LogP contribution is -2.38. The van der Waals surface area contributed by atoms with Crippen molar-refractivity contribution in [1.82, 2.24) is 5.32 Å². The van der Waals surface area contributed by atoms with Gasteiger partial charge in [0, 0.05) is 25.2 Å². The highest BCUT2D eigenvalue weighted by Gasteiger charge is 2.22. The first kappa shape index (κ1) is 21.1. The number of ether oxygens (including phenoxy) is 3. The predicted molar refractivity (Wildman–Crippen MR) is 119 cm³/mol. The Bertz CT molecular complexity index is 758. The van der Waals surface area contributed by atoms with Crippen LogP contribution in [0.25, 0.3) is 0 Å². The molecule has 0 aromatic heterocycles. The molecule has 2 N–H and O–H groups in total. The van der Waals surface area contributed by atoms with Gasteiger partial charge < -0.3 is 24.8 Å². The third kappa shape index (κ3) is 5.41. The number of hydrogen-bond donors (Lipinski definition) is 2. The van der Waals surface area contributed by atoms with E-state index in [0.717, 1.165) is 23.6 Å². The summed E-state index contributed by atoms with van der Waals surface area (Å²) in [4.78, 5) is 4.27. The third-order valence-electron chi connectivity index (χ3n) is 4.16. The van der Waals surface area contributed by atoms with Gasteiger partial charge in [-0.25, -0.2) is 0 Å². The summed E-state index contributed by atoms with van der Waals surface area (Å²) in [5.41, 5.74) is 2.12. The van der Waals surface area contributed by atoms with Crippen LogP contribution in [0.5, 0.6) is 17.2 Å². The number of benzene rings is 2. The Balaban J connectivity index is 0.00000261. The fraction of sp³-hybridized carbons (Fsp3) is 0.350. The summed E-state index contributed by atoms with van der Waals surface area (Å²) in [6.07, 6.45) is 0.998. The number of para-hydroxylation sites is 1. The van der Waals surface area contributed by atoms with E-state index in [2.05, 4.69) is 21.7 Å². The maximum absolute atomic E-state index is 5.95.